The van der Waals surface area contributed by atoms with E-state index in [1.165, 1.54) is 0 Å². The van der Waals surface area contributed by atoms with Crippen LogP contribution >= 0.6 is 0 Å². The summed E-state index contributed by atoms with van der Waals surface area (Å²) in [4.78, 5) is 14.0. The standard InChI is InChI=1S/C21H26N2O5/c24-19(14-22-21(26)28-15-16-6-2-1-3-7-16)20(25)17-8-4-5-9-18(17)23-10-12-27-13-11-23/h1-9,19-20,24-25H,10-15H2,(H,22,26). The van der Waals surface area contributed by atoms with Gasteiger partial charge in [-0.2, -0.15) is 0 Å². The van der Waals surface area contributed by atoms with Crippen LogP contribution in [0.2, 0.25) is 0 Å². The Kier molecular flexibility index (Phi) is 7.25. The van der Waals surface area contributed by atoms with Gasteiger partial charge in [-0.05, 0) is 11.6 Å². The third-order valence-corrected chi connectivity index (χ3v) is 4.64. The van der Waals surface area contributed by atoms with Crippen LogP contribution in [0.5, 0.6) is 0 Å². The summed E-state index contributed by atoms with van der Waals surface area (Å²) in [5.74, 6) is 0. The summed E-state index contributed by atoms with van der Waals surface area (Å²) < 4.78 is 10.5. The second-order valence-corrected chi connectivity index (χ2v) is 6.61. The number of aliphatic hydroxyl groups is 2. The first-order valence-corrected chi connectivity index (χ1v) is 9.37. The third-order valence-electron chi connectivity index (χ3n) is 4.64. The second-order valence-electron chi connectivity index (χ2n) is 6.61. The second kappa shape index (κ2) is 10.1. The van der Waals surface area contributed by atoms with Crippen LogP contribution in [0.1, 0.15) is 17.2 Å². The van der Waals surface area contributed by atoms with E-state index in [1.807, 2.05) is 48.5 Å². The lowest BCUT2D eigenvalue weighted by Crippen LogP contribution is -2.39. The summed E-state index contributed by atoms with van der Waals surface area (Å²) in [6.45, 7) is 2.73. The van der Waals surface area contributed by atoms with Crippen molar-refractivity contribution in [3.05, 3.63) is 65.7 Å². The first-order valence-electron chi connectivity index (χ1n) is 9.37. The lowest BCUT2D eigenvalue weighted by molar-refractivity contribution is 0.0185. The topological polar surface area (TPSA) is 91.3 Å². The Balaban J connectivity index is 1.53. The molecule has 0 aromatic heterocycles. The molecule has 1 amide bonds. The predicted molar refractivity (Wildman–Crippen MR) is 105 cm³/mol. The third kappa shape index (κ3) is 5.45. The molecule has 2 aromatic carbocycles. The van der Waals surface area contributed by atoms with Gasteiger partial charge in [-0.15, -0.1) is 0 Å². The molecule has 2 atom stereocenters. The molecule has 1 aliphatic heterocycles. The van der Waals surface area contributed by atoms with E-state index in [2.05, 4.69) is 10.2 Å². The number of nitrogens with zero attached hydrogens (tertiary/aromatic N) is 1. The molecule has 2 aromatic rings. The molecule has 1 fully saturated rings. The SMILES string of the molecule is O=C(NCC(O)C(O)c1ccccc1N1CCOCC1)OCc1ccccc1. The highest BCUT2D eigenvalue weighted by molar-refractivity contribution is 5.67. The molecule has 0 bridgehead atoms. The Morgan fingerprint density at radius 3 is 2.50 bits per heavy atom. The molecule has 28 heavy (non-hydrogen) atoms. The van der Waals surface area contributed by atoms with Gasteiger partial charge in [0.2, 0.25) is 0 Å². The molecular formula is C21H26N2O5. The van der Waals surface area contributed by atoms with E-state index in [0.717, 1.165) is 24.3 Å². The minimum atomic E-state index is -1.16. The van der Waals surface area contributed by atoms with Gasteiger partial charge in [0.05, 0.1) is 13.2 Å². The van der Waals surface area contributed by atoms with Crippen LogP contribution in [-0.4, -0.2) is 55.3 Å². The number of para-hydroxylation sites is 1. The van der Waals surface area contributed by atoms with Crippen molar-refractivity contribution in [1.29, 1.82) is 0 Å². The number of morpholine rings is 1. The zero-order valence-electron chi connectivity index (χ0n) is 15.7. The smallest absolute Gasteiger partial charge is 0.407 e. The first kappa shape index (κ1) is 20.1. The minimum absolute atomic E-state index is 0.119. The van der Waals surface area contributed by atoms with E-state index in [9.17, 15) is 15.0 Å². The number of carbonyl (C=O) groups excluding carboxylic acids is 1. The minimum Gasteiger partial charge on any atom is -0.445 e. The quantitative estimate of drug-likeness (QED) is 0.673. The Morgan fingerprint density at radius 2 is 1.75 bits per heavy atom. The van der Waals surface area contributed by atoms with E-state index in [0.29, 0.717) is 18.8 Å². The number of rotatable bonds is 7. The van der Waals surface area contributed by atoms with Crippen molar-refractivity contribution < 1.29 is 24.5 Å². The van der Waals surface area contributed by atoms with Gasteiger partial charge in [0.25, 0.3) is 0 Å². The predicted octanol–water partition coefficient (Wildman–Crippen LogP) is 1.84. The number of benzene rings is 2. The van der Waals surface area contributed by atoms with Crippen molar-refractivity contribution in [1.82, 2.24) is 5.32 Å². The molecule has 0 saturated carbocycles. The molecule has 0 aliphatic carbocycles. The summed E-state index contributed by atoms with van der Waals surface area (Å²) in [6.07, 6.45) is -2.93. The molecule has 0 radical (unpaired) electrons. The number of alkyl carbamates (subject to hydrolysis) is 1. The van der Waals surface area contributed by atoms with Crippen LogP contribution in [0, 0.1) is 0 Å². The van der Waals surface area contributed by atoms with Gasteiger partial charge in [-0.1, -0.05) is 48.5 Å². The van der Waals surface area contributed by atoms with Crippen molar-refractivity contribution in [3.8, 4) is 0 Å². The highest BCUT2D eigenvalue weighted by Gasteiger charge is 2.24. The van der Waals surface area contributed by atoms with Gasteiger partial charge in [-0.25, -0.2) is 4.79 Å². The summed E-state index contributed by atoms with van der Waals surface area (Å²) in [7, 11) is 0. The van der Waals surface area contributed by atoms with E-state index in [1.54, 1.807) is 6.07 Å². The number of aliphatic hydroxyl groups excluding tert-OH is 2. The highest BCUT2D eigenvalue weighted by atomic mass is 16.5. The number of ether oxygens (including phenoxy) is 2. The molecule has 1 saturated heterocycles. The molecule has 1 heterocycles. The fourth-order valence-electron chi connectivity index (χ4n) is 3.11. The van der Waals surface area contributed by atoms with Gasteiger partial charge in [-0.3, -0.25) is 0 Å². The lowest BCUT2D eigenvalue weighted by Gasteiger charge is -2.32. The molecule has 7 heteroatoms. The van der Waals surface area contributed by atoms with Crippen LogP contribution in [0.15, 0.2) is 54.6 Å². The summed E-state index contributed by atoms with van der Waals surface area (Å²) in [5, 5.41) is 23.5. The zero-order valence-corrected chi connectivity index (χ0v) is 15.7. The lowest BCUT2D eigenvalue weighted by atomic mass is 10.0. The number of nitrogens with one attached hydrogen (secondary N) is 1. The molecule has 0 spiro atoms. The Hall–Kier alpha value is -2.61. The van der Waals surface area contributed by atoms with Gasteiger partial charge in [0.15, 0.2) is 0 Å². The molecule has 3 N–H and O–H groups in total. The normalized spacial score (nSPS) is 16.3. The molecule has 150 valence electrons. The number of amides is 1. The van der Waals surface area contributed by atoms with Crippen LogP contribution < -0.4 is 10.2 Å². The molecular weight excluding hydrogens is 360 g/mol. The number of carbonyl (C=O) groups is 1. The summed E-state index contributed by atoms with van der Waals surface area (Å²) >= 11 is 0. The molecule has 2 unspecified atom stereocenters. The number of anilines is 1. The fourth-order valence-corrected chi connectivity index (χ4v) is 3.11. The molecule has 7 nitrogen and oxygen atoms in total. The van der Waals surface area contributed by atoms with Crippen molar-refractivity contribution in [3.63, 3.8) is 0 Å². The van der Waals surface area contributed by atoms with Gasteiger partial charge < -0.3 is 29.9 Å². The van der Waals surface area contributed by atoms with Crippen molar-refractivity contribution in [2.75, 3.05) is 37.7 Å². The first-order chi connectivity index (χ1) is 13.6. The van der Waals surface area contributed by atoms with Crippen molar-refractivity contribution in [2.45, 2.75) is 18.8 Å². The van der Waals surface area contributed by atoms with Crippen LogP contribution in [0.25, 0.3) is 0 Å². The van der Waals surface area contributed by atoms with Crippen LogP contribution in [-0.2, 0) is 16.1 Å². The summed E-state index contributed by atoms with van der Waals surface area (Å²) in [6, 6.07) is 16.7. The molecule has 3 rings (SSSR count). The summed E-state index contributed by atoms with van der Waals surface area (Å²) in [5.41, 5.74) is 2.36. The largest absolute Gasteiger partial charge is 0.445 e. The Morgan fingerprint density at radius 1 is 1.07 bits per heavy atom. The van der Waals surface area contributed by atoms with E-state index < -0.39 is 18.3 Å². The van der Waals surface area contributed by atoms with E-state index in [-0.39, 0.29) is 13.2 Å². The van der Waals surface area contributed by atoms with Gasteiger partial charge >= 0.3 is 6.09 Å². The maximum absolute atomic E-state index is 11.8. The average Bonchev–Trinajstić information content (AvgIpc) is 2.77. The Labute approximate surface area is 164 Å². The van der Waals surface area contributed by atoms with Gasteiger partial charge in [0.1, 0.15) is 18.8 Å². The van der Waals surface area contributed by atoms with Crippen molar-refractivity contribution in [2.24, 2.45) is 0 Å². The van der Waals surface area contributed by atoms with Crippen LogP contribution in [0.3, 0.4) is 0 Å². The number of hydrogen-bond acceptors (Lipinski definition) is 6. The van der Waals surface area contributed by atoms with E-state index >= 15 is 0 Å². The average molecular weight is 386 g/mol. The highest BCUT2D eigenvalue weighted by Crippen LogP contribution is 2.28. The van der Waals surface area contributed by atoms with Crippen LogP contribution in [0.4, 0.5) is 10.5 Å². The maximum atomic E-state index is 11.8. The fraction of sp³-hybridized carbons (Fsp3) is 0.381. The van der Waals surface area contributed by atoms with Crippen molar-refractivity contribution >= 4 is 11.8 Å². The maximum Gasteiger partial charge on any atom is 0.407 e. The van der Waals surface area contributed by atoms with E-state index in [4.69, 9.17) is 9.47 Å². The monoisotopic (exact) mass is 386 g/mol. The van der Waals surface area contributed by atoms with Gasteiger partial charge in [0, 0.05) is 30.9 Å². The zero-order chi connectivity index (χ0) is 19.8. The Bertz CT molecular complexity index is 749. The number of hydrogen-bond donors (Lipinski definition) is 3. The molecule has 1 aliphatic rings.